The van der Waals surface area contributed by atoms with Crippen molar-refractivity contribution in [1.29, 1.82) is 0 Å². The van der Waals surface area contributed by atoms with Crippen LogP contribution in [-0.4, -0.2) is 35.4 Å². The fourth-order valence-electron chi connectivity index (χ4n) is 3.23. The number of ether oxygens (including phenoxy) is 2. The number of hydrogen-bond acceptors (Lipinski definition) is 6. The molecule has 0 radical (unpaired) electrons. The van der Waals surface area contributed by atoms with Crippen LogP contribution in [0.15, 0.2) is 12.1 Å². The van der Waals surface area contributed by atoms with Crippen LogP contribution in [0.25, 0.3) is 0 Å². The van der Waals surface area contributed by atoms with Crippen LogP contribution in [0.3, 0.4) is 0 Å². The van der Waals surface area contributed by atoms with Crippen LogP contribution in [-0.2, 0) is 19.1 Å². The average molecular weight is 408 g/mol. The topological polar surface area (TPSA) is 81.7 Å². The molecule has 2 unspecified atom stereocenters. The van der Waals surface area contributed by atoms with Gasteiger partial charge in [0, 0.05) is 26.1 Å². The van der Waals surface area contributed by atoms with Gasteiger partial charge in [-0.25, -0.2) is 0 Å². The maximum atomic E-state index is 12.4. The van der Waals surface area contributed by atoms with Crippen molar-refractivity contribution in [3.8, 4) is 5.75 Å². The molecule has 1 aromatic carbocycles. The Morgan fingerprint density at radius 3 is 2.07 bits per heavy atom. The Bertz CT molecular complexity index is 730. The molecular weight excluding hydrogens is 378 g/mol. The molecule has 1 N–H and O–H groups in total. The van der Waals surface area contributed by atoms with Gasteiger partial charge in [-0.2, -0.15) is 0 Å². The lowest BCUT2D eigenvalue weighted by atomic mass is 9.89. The summed E-state index contributed by atoms with van der Waals surface area (Å²) in [4.78, 5) is 35.9. The molecule has 28 heavy (non-hydrogen) atoms. The lowest BCUT2D eigenvalue weighted by Crippen LogP contribution is -2.43. The van der Waals surface area contributed by atoms with Gasteiger partial charge in [-0.3, -0.25) is 14.4 Å². The molecule has 1 fully saturated rings. The van der Waals surface area contributed by atoms with Crippen LogP contribution < -0.4 is 10.1 Å². The van der Waals surface area contributed by atoms with Crippen molar-refractivity contribution in [2.75, 3.05) is 12.3 Å². The lowest BCUT2D eigenvalue weighted by Gasteiger charge is -2.30. The van der Waals surface area contributed by atoms with Crippen LogP contribution in [0.1, 0.15) is 76.2 Å². The minimum Gasteiger partial charge on any atom is -0.456 e. The number of rotatable bonds is 6. The predicted octanol–water partition coefficient (Wildman–Crippen LogP) is 3.69. The molecule has 1 aliphatic rings. The molecule has 154 valence electrons. The summed E-state index contributed by atoms with van der Waals surface area (Å²) in [5.41, 5.74) is 2.46. The molecule has 6 nitrogen and oxygen atoms in total. The van der Waals surface area contributed by atoms with E-state index in [-0.39, 0.29) is 23.7 Å². The molecule has 1 heterocycles. The summed E-state index contributed by atoms with van der Waals surface area (Å²) in [6.07, 6.45) is -0.704. The van der Waals surface area contributed by atoms with E-state index in [0.717, 1.165) is 22.4 Å². The molecule has 0 aliphatic carbocycles. The smallest absolute Gasteiger partial charge is 0.308 e. The number of benzene rings is 1. The van der Waals surface area contributed by atoms with Gasteiger partial charge in [0.15, 0.2) is 0 Å². The molecule has 1 aliphatic heterocycles. The SMILES string of the molecule is CC(=O)Oc1c(C(C)C)cc(C(OC(C)=O)C2SCCNC2=O)cc1C(C)C. The third-order valence-electron chi connectivity index (χ3n) is 4.51. The first-order valence-electron chi connectivity index (χ1n) is 9.54. The van der Waals surface area contributed by atoms with Crippen molar-refractivity contribution in [3.63, 3.8) is 0 Å². The third kappa shape index (κ3) is 5.28. The van der Waals surface area contributed by atoms with Crippen LogP contribution in [0.2, 0.25) is 0 Å². The van der Waals surface area contributed by atoms with E-state index >= 15 is 0 Å². The normalized spacial score (nSPS) is 18.0. The Hall–Kier alpha value is -2.02. The minimum atomic E-state index is -0.704. The quantitative estimate of drug-likeness (QED) is 0.572. The van der Waals surface area contributed by atoms with E-state index in [0.29, 0.717) is 12.3 Å². The van der Waals surface area contributed by atoms with E-state index in [4.69, 9.17) is 9.47 Å². The van der Waals surface area contributed by atoms with E-state index in [1.807, 2.05) is 39.8 Å². The summed E-state index contributed by atoms with van der Waals surface area (Å²) in [6.45, 7) is 11.4. The zero-order valence-electron chi connectivity index (χ0n) is 17.3. The fraction of sp³-hybridized carbons (Fsp3) is 0.571. The number of hydrogen-bond donors (Lipinski definition) is 1. The minimum absolute atomic E-state index is 0.0811. The predicted molar refractivity (Wildman–Crippen MR) is 110 cm³/mol. The highest BCUT2D eigenvalue weighted by molar-refractivity contribution is 8.00. The van der Waals surface area contributed by atoms with Gasteiger partial charge < -0.3 is 14.8 Å². The van der Waals surface area contributed by atoms with Crippen molar-refractivity contribution in [2.24, 2.45) is 0 Å². The summed E-state index contributed by atoms with van der Waals surface area (Å²) in [6, 6.07) is 3.79. The Morgan fingerprint density at radius 1 is 1.07 bits per heavy atom. The van der Waals surface area contributed by atoms with Gasteiger partial charge in [0.05, 0.1) is 0 Å². The van der Waals surface area contributed by atoms with Gasteiger partial charge in [0.2, 0.25) is 5.91 Å². The number of thioether (sulfide) groups is 1. The molecule has 2 rings (SSSR count). The largest absolute Gasteiger partial charge is 0.456 e. The second-order valence-electron chi connectivity index (χ2n) is 7.54. The highest BCUT2D eigenvalue weighted by atomic mass is 32.2. The van der Waals surface area contributed by atoms with Crippen LogP contribution in [0.5, 0.6) is 5.75 Å². The van der Waals surface area contributed by atoms with Crippen molar-refractivity contribution in [1.82, 2.24) is 5.32 Å². The van der Waals surface area contributed by atoms with Crippen LogP contribution in [0, 0.1) is 0 Å². The zero-order chi connectivity index (χ0) is 21.0. The molecule has 7 heteroatoms. The van der Waals surface area contributed by atoms with Crippen LogP contribution in [0.4, 0.5) is 0 Å². The van der Waals surface area contributed by atoms with Gasteiger partial charge in [-0.1, -0.05) is 27.7 Å². The highest BCUT2D eigenvalue weighted by Crippen LogP contribution is 2.40. The number of nitrogens with one attached hydrogen (secondary N) is 1. The fourth-order valence-corrected chi connectivity index (χ4v) is 4.32. The number of esters is 2. The molecule has 1 amide bonds. The van der Waals surface area contributed by atoms with E-state index in [1.165, 1.54) is 25.6 Å². The first-order valence-corrected chi connectivity index (χ1v) is 10.6. The van der Waals surface area contributed by atoms with E-state index in [2.05, 4.69) is 5.32 Å². The summed E-state index contributed by atoms with van der Waals surface area (Å²) in [7, 11) is 0. The zero-order valence-corrected chi connectivity index (χ0v) is 18.1. The molecule has 0 bridgehead atoms. The number of amides is 1. The molecule has 1 aromatic rings. The Balaban J connectivity index is 2.63. The summed E-state index contributed by atoms with van der Waals surface area (Å²) in [5.74, 6) is 0.524. The van der Waals surface area contributed by atoms with E-state index in [9.17, 15) is 14.4 Å². The second-order valence-corrected chi connectivity index (χ2v) is 8.79. The molecular formula is C21H29NO5S. The van der Waals surface area contributed by atoms with Gasteiger partial charge in [0.25, 0.3) is 0 Å². The van der Waals surface area contributed by atoms with Crippen molar-refractivity contribution < 1.29 is 23.9 Å². The molecule has 0 saturated carbocycles. The Kier molecular flexibility index (Phi) is 7.52. The first kappa shape index (κ1) is 22.3. The molecule has 1 saturated heterocycles. The molecule has 0 spiro atoms. The third-order valence-corrected chi connectivity index (χ3v) is 5.77. The lowest BCUT2D eigenvalue weighted by molar-refractivity contribution is -0.147. The Labute approximate surface area is 170 Å². The van der Waals surface area contributed by atoms with Crippen LogP contribution >= 0.6 is 11.8 Å². The highest BCUT2D eigenvalue weighted by Gasteiger charge is 2.36. The Morgan fingerprint density at radius 2 is 1.64 bits per heavy atom. The van der Waals surface area contributed by atoms with Crippen molar-refractivity contribution >= 4 is 29.6 Å². The van der Waals surface area contributed by atoms with E-state index in [1.54, 1.807) is 0 Å². The summed E-state index contributed by atoms with van der Waals surface area (Å²) in [5, 5.41) is 2.33. The van der Waals surface area contributed by atoms with Crippen molar-refractivity contribution in [2.45, 2.75) is 64.7 Å². The molecule has 2 atom stereocenters. The maximum absolute atomic E-state index is 12.4. The molecule has 0 aromatic heterocycles. The van der Waals surface area contributed by atoms with Gasteiger partial charge >= 0.3 is 11.9 Å². The first-order chi connectivity index (χ1) is 13.1. The summed E-state index contributed by atoms with van der Waals surface area (Å²) >= 11 is 1.48. The second kappa shape index (κ2) is 9.45. The van der Waals surface area contributed by atoms with Gasteiger partial charge in [-0.15, -0.1) is 11.8 Å². The number of carbonyl (C=O) groups excluding carboxylic acids is 3. The average Bonchev–Trinajstić information content (AvgIpc) is 2.59. The summed E-state index contributed by atoms with van der Waals surface area (Å²) < 4.78 is 11.2. The van der Waals surface area contributed by atoms with E-state index < -0.39 is 17.3 Å². The number of carbonyl (C=O) groups is 3. The van der Waals surface area contributed by atoms with Gasteiger partial charge in [-0.05, 0) is 40.7 Å². The standard InChI is InChI=1S/C21H29NO5S/c1-11(2)16-9-15(10-17(12(3)4)19(16)27-14(6)24)18(26-13(5)23)20-21(25)22-7-8-28-20/h9-12,18,20H,7-8H2,1-6H3,(H,22,25). The van der Waals surface area contributed by atoms with Crippen molar-refractivity contribution in [3.05, 3.63) is 28.8 Å². The maximum Gasteiger partial charge on any atom is 0.308 e. The monoisotopic (exact) mass is 407 g/mol. The van der Waals surface area contributed by atoms with Gasteiger partial charge in [0.1, 0.15) is 17.1 Å².